The molecule has 0 saturated heterocycles. The zero-order valence-electron chi connectivity index (χ0n) is 12.2. The lowest BCUT2D eigenvalue weighted by molar-refractivity contribution is 0.438. The molecule has 1 atom stereocenters. The van der Waals surface area contributed by atoms with Crippen molar-refractivity contribution in [1.29, 1.82) is 0 Å². The summed E-state index contributed by atoms with van der Waals surface area (Å²) in [6, 6.07) is 10.3. The minimum absolute atomic E-state index is 0.0475. The standard InChI is InChI=1S/C17H19ClFNO/c1-3-14(20)8-12-5-7-16(15(19)9-12)21-17-10-13(18)6-4-11(17)2/h4-7,9-10,14H,3,8,20H2,1-2H3. The van der Waals surface area contributed by atoms with Gasteiger partial charge in [-0.3, -0.25) is 0 Å². The van der Waals surface area contributed by atoms with Crippen molar-refractivity contribution in [3.05, 3.63) is 58.4 Å². The summed E-state index contributed by atoms with van der Waals surface area (Å²) in [5, 5.41) is 0.557. The van der Waals surface area contributed by atoms with Crippen LogP contribution < -0.4 is 10.5 Å². The van der Waals surface area contributed by atoms with Crippen LogP contribution in [0, 0.1) is 12.7 Å². The fourth-order valence-corrected chi connectivity index (χ4v) is 2.17. The van der Waals surface area contributed by atoms with Gasteiger partial charge >= 0.3 is 0 Å². The second-order valence-corrected chi connectivity index (χ2v) is 5.59. The average molecular weight is 308 g/mol. The quantitative estimate of drug-likeness (QED) is 0.856. The van der Waals surface area contributed by atoms with E-state index < -0.39 is 5.82 Å². The zero-order valence-corrected chi connectivity index (χ0v) is 13.0. The maximum atomic E-state index is 14.1. The molecule has 0 amide bonds. The van der Waals surface area contributed by atoms with Crippen molar-refractivity contribution in [3.63, 3.8) is 0 Å². The summed E-state index contributed by atoms with van der Waals surface area (Å²) in [7, 11) is 0. The van der Waals surface area contributed by atoms with E-state index in [1.54, 1.807) is 18.2 Å². The molecule has 1 unspecified atom stereocenters. The Morgan fingerprint density at radius 3 is 2.62 bits per heavy atom. The van der Waals surface area contributed by atoms with Crippen molar-refractivity contribution in [2.75, 3.05) is 0 Å². The highest BCUT2D eigenvalue weighted by Crippen LogP contribution is 2.30. The molecule has 2 rings (SSSR count). The molecule has 0 spiro atoms. The predicted molar refractivity (Wildman–Crippen MR) is 84.6 cm³/mol. The lowest BCUT2D eigenvalue weighted by atomic mass is 10.0. The fraction of sp³-hybridized carbons (Fsp3) is 0.294. The van der Waals surface area contributed by atoms with Gasteiger partial charge < -0.3 is 10.5 Å². The minimum atomic E-state index is -0.393. The zero-order chi connectivity index (χ0) is 15.4. The van der Waals surface area contributed by atoms with E-state index in [1.807, 2.05) is 26.0 Å². The Kier molecular flexibility index (Phi) is 5.21. The first-order chi connectivity index (χ1) is 9.99. The van der Waals surface area contributed by atoms with Crippen LogP contribution in [0.3, 0.4) is 0 Å². The molecule has 0 bridgehead atoms. The van der Waals surface area contributed by atoms with Gasteiger partial charge in [0.05, 0.1) is 0 Å². The maximum absolute atomic E-state index is 14.1. The van der Waals surface area contributed by atoms with Gasteiger partial charge in [0.1, 0.15) is 5.75 Å². The molecule has 0 radical (unpaired) electrons. The van der Waals surface area contributed by atoms with Gasteiger partial charge in [0.15, 0.2) is 11.6 Å². The number of benzene rings is 2. The lowest BCUT2D eigenvalue weighted by Crippen LogP contribution is -2.21. The smallest absolute Gasteiger partial charge is 0.165 e. The first kappa shape index (κ1) is 15.8. The van der Waals surface area contributed by atoms with Crippen molar-refractivity contribution in [2.24, 2.45) is 5.73 Å². The van der Waals surface area contributed by atoms with Gasteiger partial charge in [0.2, 0.25) is 0 Å². The van der Waals surface area contributed by atoms with Crippen molar-refractivity contribution >= 4 is 11.6 Å². The van der Waals surface area contributed by atoms with Gasteiger partial charge in [-0.05, 0) is 55.2 Å². The molecular formula is C17H19ClFNO. The van der Waals surface area contributed by atoms with E-state index in [-0.39, 0.29) is 11.8 Å². The molecule has 0 aliphatic heterocycles. The predicted octanol–water partition coefficient (Wildman–Crippen LogP) is 4.86. The third-order valence-electron chi connectivity index (χ3n) is 3.39. The van der Waals surface area contributed by atoms with Crippen molar-refractivity contribution in [3.8, 4) is 11.5 Å². The van der Waals surface area contributed by atoms with E-state index in [2.05, 4.69) is 0 Å². The van der Waals surface area contributed by atoms with Crippen LogP contribution in [-0.2, 0) is 6.42 Å². The summed E-state index contributed by atoms with van der Waals surface area (Å²) in [6.07, 6.45) is 1.52. The highest BCUT2D eigenvalue weighted by Gasteiger charge is 2.10. The van der Waals surface area contributed by atoms with Crippen LogP contribution in [0.25, 0.3) is 0 Å². The number of rotatable bonds is 5. The molecule has 2 nitrogen and oxygen atoms in total. The van der Waals surface area contributed by atoms with Crippen LogP contribution in [-0.4, -0.2) is 6.04 Å². The summed E-state index contributed by atoms with van der Waals surface area (Å²) in [5.74, 6) is 0.351. The van der Waals surface area contributed by atoms with Crippen molar-refractivity contribution in [2.45, 2.75) is 32.7 Å². The molecule has 0 aliphatic carbocycles. The van der Waals surface area contributed by atoms with Crippen LogP contribution in [0.2, 0.25) is 5.02 Å². The monoisotopic (exact) mass is 307 g/mol. The second kappa shape index (κ2) is 6.92. The highest BCUT2D eigenvalue weighted by atomic mass is 35.5. The van der Waals surface area contributed by atoms with Crippen molar-refractivity contribution in [1.82, 2.24) is 0 Å². The Morgan fingerprint density at radius 2 is 1.95 bits per heavy atom. The number of hydrogen-bond acceptors (Lipinski definition) is 2. The normalized spacial score (nSPS) is 12.2. The Bertz CT molecular complexity index is 630. The summed E-state index contributed by atoms with van der Waals surface area (Å²) in [6.45, 7) is 3.90. The summed E-state index contributed by atoms with van der Waals surface area (Å²) < 4.78 is 19.7. The molecule has 0 aliphatic rings. The molecule has 21 heavy (non-hydrogen) atoms. The number of aryl methyl sites for hydroxylation is 1. The lowest BCUT2D eigenvalue weighted by Gasteiger charge is -2.12. The van der Waals surface area contributed by atoms with Crippen molar-refractivity contribution < 1.29 is 9.13 Å². The molecule has 0 fully saturated rings. The third kappa shape index (κ3) is 4.19. The fourth-order valence-electron chi connectivity index (χ4n) is 2.00. The Balaban J connectivity index is 2.19. The molecule has 0 heterocycles. The van der Waals surface area contributed by atoms with E-state index in [0.717, 1.165) is 17.5 Å². The summed E-state index contributed by atoms with van der Waals surface area (Å²) in [4.78, 5) is 0. The van der Waals surface area contributed by atoms with E-state index >= 15 is 0 Å². The van der Waals surface area contributed by atoms with Gasteiger partial charge in [-0.1, -0.05) is 30.7 Å². The topological polar surface area (TPSA) is 35.2 Å². The molecular weight excluding hydrogens is 289 g/mol. The number of halogens is 2. The first-order valence-corrected chi connectivity index (χ1v) is 7.35. The number of nitrogens with two attached hydrogens (primary N) is 1. The molecule has 0 aromatic heterocycles. The maximum Gasteiger partial charge on any atom is 0.165 e. The van der Waals surface area contributed by atoms with E-state index in [1.165, 1.54) is 6.07 Å². The summed E-state index contributed by atoms with van der Waals surface area (Å²) >= 11 is 5.93. The van der Waals surface area contributed by atoms with Crippen LogP contribution in [0.4, 0.5) is 4.39 Å². The number of hydrogen-bond donors (Lipinski definition) is 1. The minimum Gasteiger partial charge on any atom is -0.454 e. The van der Waals surface area contributed by atoms with Gasteiger partial charge in [0, 0.05) is 11.1 Å². The van der Waals surface area contributed by atoms with Gasteiger partial charge in [-0.15, -0.1) is 0 Å². The molecule has 2 aromatic carbocycles. The largest absolute Gasteiger partial charge is 0.454 e. The van der Waals surface area contributed by atoms with E-state index in [0.29, 0.717) is 17.2 Å². The van der Waals surface area contributed by atoms with Crippen LogP contribution >= 0.6 is 11.6 Å². The highest BCUT2D eigenvalue weighted by molar-refractivity contribution is 6.30. The van der Waals surface area contributed by atoms with Gasteiger partial charge in [-0.2, -0.15) is 0 Å². The van der Waals surface area contributed by atoms with Crippen LogP contribution in [0.1, 0.15) is 24.5 Å². The molecule has 2 aromatic rings. The number of ether oxygens (including phenoxy) is 1. The third-order valence-corrected chi connectivity index (χ3v) is 3.62. The molecule has 2 N–H and O–H groups in total. The molecule has 0 saturated carbocycles. The molecule has 112 valence electrons. The van der Waals surface area contributed by atoms with Crippen LogP contribution in [0.5, 0.6) is 11.5 Å². The van der Waals surface area contributed by atoms with Crippen LogP contribution in [0.15, 0.2) is 36.4 Å². The SMILES string of the molecule is CCC(N)Cc1ccc(Oc2cc(Cl)ccc2C)c(F)c1. The summed E-state index contributed by atoms with van der Waals surface area (Å²) in [5.41, 5.74) is 7.66. The second-order valence-electron chi connectivity index (χ2n) is 5.15. The van der Waals surface area contributed by atoms with Gasteiger partial charge in [-0.25, -0.2) is 4.39 Å². The molecule has 4 heteroatoms. The average Bonchev–Trinajstić information content (AvgIpc) is 2.45. The Hall–Kier alpha value is -1.58. The van der Waals surface area contributed by atoms with E-state index in [4.69, 9.17) is 22.1 Å². The van der Waals surface area contributed by atoms with E-state index in [9.17, 15) is 4.39 Å². The Labute approximate surface area is 129 Å². The Morgan fingerprint density at radius 1 is 1.19 bits per heavy atom. The first-order valence-electron chi connectivity index (χ1n) is 6.97. The van der Waals surface area contributed by atoms with Gasteiger partial charge in [0.25, 0.3) is 0 Å².